The number of amides is 1. The normalized spacial score (nSPS) is 19.4. The summed E-state index contributed by atoms with van der Waals surface area (Å²) in [7, 11) is 2.11. The summed E-state index contributed by atoms with van der Waals surface area (Å²) >= 11 is 1.73. The van der Waals surface area contributed by atoms with E-state index in [1.165, 1.54) is 11.3 Å². The Labute approximate surface area is 139 Å². The maximum absolute atomic E-state index is 13.1. The minimum atomic E-state index is -0.281. The summed E-state index contributed by atoms with van der Waals surface area (Å²) in [5.41, 5.74) is -0.281. The lowest BCUT2D eigenvalue weighted by Crippen LogP contribution is -2.51. The number of rotatable bonds is 6. The van der Waals surface area contributed by atoms with Crippen LogP contribution in [-0.2, 0) is 10.2 Å². The number of carbonyl (C=O) groups excluding carboxylic acids is 1. The van der Waals surface area contributed by atoms with Gasteiger partial charge in [-0.05, 0) is 52.1 Å². The summed E-state index contributed by atoms with van der Waals surface area (Å²) < 4.78 is 0. The van der Waals surface area contributed by atoms with Crippen LogP contribution in [0.2, 0.25) is 0 Å². The first-order chi connectivity index (χ1) is 10.5. The molecule has 3 nitrogen and oxygen atoms in total. The highest BCUT2D eigenvalue weighted by Gasteiger charge is 2.42. The third kappa shape index (κ3) is 3.90. The van der Waals surface area contributed by atoms with Gasteiger partial charge < -0.3 is 10.2 Å². The van der Waals surface area contributed by atoms with E-state index in [2.05, 4.69) is 55.5 Å². The van der Waals surface area contributed by atoms with Gasteiger partial charge in [0, 0.05) is 23.5 Å². The second-order valence-corrected chi connectivity index (χ2v) is 7.98. The predicted molar refractivity (Wildman–Crippen MR) is 94.5 cm³/mol. The van der Waals surface area contributed by atoms with Crippen molar-refractivity contribution in [1.82, 2.24) is 10.2 Å². The van der Waals surface area contributed by atoms with Crippen LogP contribution < -0.4 is 5.32 Å². The van der Waals surface area contributed by atoms with Crippen LogP contribution in [-0.4, -0.2) is 36.5 Å². The van der Waals surface area contributed by atoms with Gasteiger partial charge in [-0.3, -0.25) is 4.79 Å². The van der Waals surface area contributed by atoms with Crippen LogP contribution >= 0.6 is 11.3 Å². The minimum absolute atomic E-state index is 0.179. The van der Waals surface area contributed by atoms with Gasteiger partial charge in [-0.1, -0.05) is 25.3 Å². The molecule has 0 bridgehead atoms. The SMILES string of the molecule is CC(C)N(C)C[C@@H](C)NC(=O)C1(c2cccs2)CCCCC1. The number of likely N-dealkylation sites (N-methyl/N-ethyl adjacent to an activating group) is 1. The van der Waals surface area contributed by atoms with Crippen LogP contribution in [0, 0.1) is 0 Å². The van der Waals surface area contributed by atoms with Crippen molar-refractivity contribution in [2.75, 3.05) is 13.6 Å². The van der Waals surface area contributed by atoms with Crippen LogP contribution in [0.3, 0.4) is 0 Å². The first-order valence-electron chi connectivity index (χ1n) is 8.51. The van der Waals surface area contributed by atoms with Crippen LogP contribution in [0.5, 0.6) is 0 Å². The van der Waals surface area contributed by atoms with Crippen molar-refractivity contribution in [2.24, 2.45) is 0 Å². The fourth-order valence-corrected chi connectivity index (χ4v) is 4.33. The Hall–Kier alpha value is -0.870. The molecule has 22 heavy (non-hydrogen) atoms. The highest BCUT2D eigenvalue weighted by Crippen LogP contribution is 2.41. The van der Waals surface area contributed by atoms with E-state index in [0.29, 0.717) is 6.04 Å². The lowest BCUT2D eigenvalue weighted by atomic mass is 9.72. The molecule has 1 aliphatic rings. The quantitative estimate of drug-likeness (QED) is 0.864. The van der Waals surface area contributed by atoms with E-state index in [1.807, 2.05) is 0 Å². The molecule has 124 valence electrons. The number of nitrogens with one attached hydrogen (secondary N) is 1. The smallest absolute Gasteiger partial charge is 0.231 e. The molecule has 1 atom stereocenters. The third-order valence-corrected chi connectivity index (χ3v) is 6.03. The molecule has 1 aromatic rings. The maximum atomic E-state index is 13.1. The Morgan fingerprint density at radius 2 is 2.00 bits per heavy atom. The van der Waals surface area contributed by atoms with Gasteiger partial charge in [-0.15, -0.1) is 11.3 Å². The summed E-state index contributed by atoms with van der Waals surface area (Å²) in [6, 6.07) is 4.89. The molecule has 1 aliphatic carbocycles. The van der Waals surface area contributed by atoms with Crippen molar-refractivity contribution in [3.63, 3.8) is 0 Å². The zero-order valence-electron chi connectivity index (χ0n) is 14.4. The molecule has 0 unspecified atom stereocenters. The van der Waals surface area contributed by atoms with Crippen LogP contribution in [0.1, 0.15) is 57.8 Å². The Morgan fingerprint density at radius 1 is 1.32 bits per heavy atom. The number of nitrogens with zero attached hydrogens (tertiary/aromatic N) is 1. The highest BCUT2D eigenvalue weighted by atomic mass is 32.1. The third-order valence-electron chi connectivity index (χ3n) is 4.96. The van der Waals surface area contributed by atoms with Gasteiger partial charge in [-0.25, -0.2) is 0 Å². The van der Waals surface area contributed by atoms with Crippen LogP contribution in [0.15, 0.2) is 17.5 Å². The summed E-state index contributed by atoms with van der Waals surface area (Å²) in [6.45, 7) is 7.37. The van der Waals surface area contributed by atoms with E-state index < -0.39 is 0 Å². The molecule has 1 saturated carbocycles. The lowest BCUT2D eigenvalue weighted by Gasteiger charge is -2.36. The Kier molecular flexibility index (Phi) is 6.04. The van der Waals surface area contributed by atoms with E-state index >= 15 is 0 Å². The summed E-state index contributed by atoms with van der Waals surface area (Å²) in [5.74, 6) is 0.235. The molecule has 0 saturated heterocycles. The highest BCUT2D eigenvalue weighted by molar-refractivity contribution is 7.10. The van der Waals surface area contributed by atoms with Gasteiger partial charge in [0.05, 0.1) is 5.41 Å². The zero-order valence-corrected chi connectivity index (χ0v) is 15.2. The molecule has 1 aromatic heterocycles. The number of carbonyl (C=O) groups is 1. The van der Waals surface area contributed by atoms with Crippen LogP contribution in [0.25, 0.3) is 0 Å². The Bertz CT molecular complexity index is 463. The van der Waals surface area contributed by atoms with Gasteiger partial charge in [0.15, 0.2) is 0 Å². The largest absolute Gasteiger partial charge is 0.352 e. The lowest BCUT2D eigenvalue weighted by molar-refractivity contribution is -0.128. The molecule has 0 radical (unpaired) electrons. The predicted octanol–water partition coefficient (Wildman–Crippen LogP) is 3.79. The monoisotopic (exact) mass is 322 g/mol. The Balaban J connectivity index is 2.07. The van der Waals surface area contributed by atoms with Gasteiger partial charge in [0.1, 0.15) is 0 Å². The number of hydrogen-bond donors (Lipinski definition) is 1. The van der Waals surface area contributed by atoms with Gasteiger partial charge in [-0.2, -0.15) is 0 Å². The van der Waals surface area contributed by atoms with Crippen molar-refractivity contribution in [2.45, 2.75) is 70.4 Å². The molecule has 1 amide bonds. The first-order valence-corrected chi connectivity index (χ1v) is 9.39. The molecular formula is C18H30N2OS. The van der Waals surface area contributed by atoms with Crippen molar-refractivity contribution in [1.29, 1.82) is 0 Å². The van der Waals surface area contributed by atoms with Crippen molar-refractivity contribution in [3.8, 4) is 0 Å². The fourth-order valence-electron chi connectivity index (χ4n) is 3.34. The molecule has 0 spiro atoms. The van der Waals surface area contributed by atoms with E-state index in [0.717, 1.165) is 32.2 Å². The first kappa shape index (κ1) is 17.5. The van der Waals surface area contributed by atoms with E-state index in [1.54, 1.807) is 11.3 Å². The standard InChI is InChI=1S/C18H30N2OS/c1-14(2)20(4)13-15(3)19-17(21)18(10-6-5-7-11-18)16-9-8-12-22-16/h8-9,12,14-15H,5-7,10-11,13H2,1-4H3,(H,19,21)/t15-/m1/s1. The molecule has 0 aliphatic heterocycles. The number of hydrogen-bond acceptors (Lipinski definition) is 3. The zero-order chi connectivity index (χ0) is 16.2. The second-order valence-electron chi connectivity index (χ2n) is 7.03. The molecule has 4 heteroatoms. The molecule has 0 aromatic carbocycles. The van der Waals surface area contributed by atoms with Gasteiger partial charge in [0.25, 0.3) is 0 Å². The Morgan fingerprint density at radius 3 is 2.55 bits per heavy atom. The average molecular weight is 323 g/mol. The molecule has 1 N–H and O–H groups in total. The van der Waals surface area contributed by atoms with Crippen molar-refractivity contribution >= 4 is 17.2 Å². The molecule has 2 rings (SSSR count). The van der Waals surface area contributed by atoms with Crippen molar-refractivity contribution < 1.29 is 4.79 Å². The van der Waals surface area contributed by atoms with Gasteiger partial charge >= 0.3 is 0 Å². The molecular weight excluding hydrogens is 292 g/mol. The van der Waals surface area contributed by atoms with E-state index in [4.69, 9.17) is 0 Å². The van der Waals surface area contributed by atoms with E-state index in [-0.39, 0.29) is 17.4 Å². The average Bonchev–Trinajstić information content (AvgIpc) is 3.02. The maximum Gasteiger partial charge on any atom is 0.231 e. The summed E-state index contributed by atoms with van der Waals surface area (Å²) in [6.07, 6.45) is 5.56. The second kappa shape index (κ2) is 7.60. The topological polar surface area (TPSA) is 32.3 Å². The summed E-state index contributed by atoms with van der Waals surface area (Å²) in [5, 5.41) is 5.38. The number of thiophene rings is 1. The van der Waals surface area contributed by atoms with Gasteiger partial charge in [0.2, 0.25) is 5.91 Å². The molecule has 1 fully saturated rings. The van der Waals surface area contributed by atoms with Crippen LogP contribution in [0.4, 0.5) is 0 Å². The van der Waals surface area contributed by atoms with Crippen molar-refractivity contribution in [3.05, 3.63) is 22.4 Å². The molecule has 1 heterocycles. The minimum Gasteiger partial charge on any atom is -0.352 e. The van der Waals surface area contributed by atoms with E-state index in [9.17, 15) is 4.79 Å². The summed E-state index contributed by atoms with van der Waals surface area (Å²) in [4.78, 5) is 16.6. The fraction of sp³-hybridized carbons (Fsp3) is 0.722.